The lowest BCUT2D eigenvalue weighted by Gasteiger charge is -2.09. The summed E-state index contributed by atoms with van der Waals surface area (Å²) in [5, 5.41) is 9.12. The maximum absolute atomic E-state index is 13.2. The molecule has 1 aromatic heterocycles. The first-order chi connectivity index (χ1) is 9.51. The van der Waals surface area contributed by atoms with E-state index < -0.39 is 17.6 Å². The fourth-order valence-corrected chi connectivity index (χ4v) is 1.74. The molecular weight excluding hydrogens is 268 g/mol. The van der Waals surface area contributed by atoms with E-state index in [0.717, 1.165) is 18.2 Å². The summed E-state index contributed by atoms with van der Waals surface area (Å²) in [6.07, 6.45) is 1.23. The minimum atomic E-state index is -1.20. The first-order valence-electron chi connectivity index (χ1n) is 5.84. The molecule has 0 atom stereocenters. The Hall–Kier alpha value is -2.50. The Morgan fingerprint density at radius 2 is 1.90 bits per heavy atom. The van der Waals surface area contributed by atoms with Gasteiger partial charge in [-0.1, -0.05) is 0 Å². The van der Waals surface area contributed by atoms with Crippen molar-refractivity contribution in [3.8, 4) is 17.0 Å². The highest BCUT2D eigenvalue weighted by Gasteiger charge is 2.14. The summed E-state index contributed by atoms with van der Waals surface area (Å²) in [7, 11) is 0. The molecule has 2 rings (SSSR count). The molecular formula is C14H11F2NO3. The number of hydrogen-bond donors (Lipinski definition) is 1. The summed E-state index contributed by atoms with van der Waals surface area (Å²) >= 11 is 0. The lowest BCUT2D eigenvalue weighted by Crippen LogP contribution is -2.04. The number of aromatic carboxylic acids is 1. The number of aromatic nitrogens is 1. The lowest BCUT2D eigenvalue weighted by atomic mass is 10.1. The Kier molecular flexibility index (Phi) is 3.93. The van der Waals surface area contributed by atoms with Crippen LogP contribution in [0.4, 0.5) is 8.78 Å². The van der Waals surface area contributed by atoms with Gasteiger partial charge in [0.15, 0.2) is 5.75 Å². The summed E-state index contributed by atoms with van der Waals surface area (Å²) in [5.41, 5.74) is 0.207. The van der Waals surface area contributed by atoms with Gasteiger partial charge in [-0.3, -0.25) is 4.98 Å². The number of carboxylic acid groups (broad SMARTS) is 1. The van der Waals surface area contributed by atoms with E-state index in [4.69, 9.17) is 9.84 Å². The Balaban J connectivity index is 2.52. The van der Waals surface area contributed by atoms with Gasteiger partial charge in [0.1, 0.15) is 17.2 Å². The second-order valence-corrected chi connectivity index (χ2v) is 3.96. The smallest absolute Gasteiger partial charge is 0.339 e. The van der Waals surface area contributed by atoms with Crippen molar-refractivity contribution in [3.63, 3.8) is 0 Å². The predicted molar refractivity (Wildman–Crippen MR) is 67.7 cm³/mol. The van der Waals surface area contributed by atoms with Crippen molar-refractivity contribution < 1.29 is 23.4 Å². The molecule has 0 aliphatic carbocycles. The monoisotopic (exact) mass is 279 g/mol. The van der Waals surface area contributed by atoms with Gasteiger partial charge in [-0.05, 0) is 25.1 Å². The molecule has 0 amide bonds. The van der Waals surface area contributed by atoms with Crippen molar-refractivity contribution in [3.05, 3.63) is 47.7 Å². The third-order valence-electron chi connectivity index (χ3n) is 2.56. The Bertz CT molecular complexity index is 639. The average Bonchev–Trinajstić information content (AvgIpc) is 2.38. The van der Waals surface area contributed by atoms with Crippen molar-refractivity contribution in [2.75, 3.05) is 6.61 Å². The maximum atomic E-state index is 13.2. The van der Waals surface area contributed by atoms with Gasteiger partial charge in [0.25, 0.3) is 0 Å². The molecule has 20 heavy (non-hydrogen) atoms. The van der Waals surface area contributed by atoms with E-state index in [0.29, 0.717) is 0 Å². The van der Waals surface area contributed by atoms with Crippen molar-refractivity contribution in [2.45, 2.75) is 6.92 Å². The Morgan fingerprint density at radius 1 is 1.25 bits per heavy atom. The molecule has 4 nitrogen and oxygen atoms in total. The third kappa shape index (κ3) is 2.90. The van der Waals surface area contributed by atoms with Crippen LogP contribution in [0.1, 0.15) is 17.3 Å². The summed E-state index contributed by atoms with van der Waals surface area (Å²) in [6, 6.07) is 4.12. The third-order valence-corrected chi connectivity index (χ3v) is 2.56. The average molecular weight is 279 g/mol. The highest BCUT2D eigenvalue weighted by molar-refractivity contribution is 5.92. The topological polar surface area (TPSA) is 59.4 Å². The summed E-state index contributed by atoms with van der Waals surface area (Å²) in [4.78, 5) is 15.1. The summed E-state index contributed by atoms with van der Waals surface area (Å²) < 4.78 is 31.5. The number of rotatable bonds is 4. The standard InChI is InChI=1S/C14H11F2NO3/c1-2-20-13-7-17-12(6-11(13)14(18)19)8-3-9(15)5-10(16)4-8/h3-7H,2H2,1H3,(H,18,19). The quantitative estimate of drug-likeness (QED) is 0.934. The van der Waals surface area contributed by atoms with E-state index in [-0.39, 0.29) is 29.2 Å². The van der Waals surface area contributed by atoms with Crippen molar-refractivity contribution in [2.24, 2.45) is 0 Å². The Labute approximate surface area is 113 Å². The van der Waals surface area contributed by atoms with Gasteiger partial charge >= 0.3 is 5.97 Å². The van der Waals surface area contributed by atoms with Gasteiger partial charge in [-0.2, -0.15) is 0 Å². The molecule has 0 saturated heterocycles. The van der Waals surface area contributed by atoms with Crippen molar-refractivity contribution in [1.29, 1.82) is 0 Å². The SMILES string of the molecule is CCOc1cnc(-c2cc(F)cc(F)c2)cc1C(=O)O. The highest BCUT2D eigenvalue weighted by Crippen LogP contribution is 2.25. The van der Waals surface area contributed by atoms with Gasteiger partial charge in [0.2, 0.25) is 0 Å². The van der Waals surface area contributed by atoms with Crippen LogP contribution in [0.2, 0.25) is 0 Å². The molecule has 0 bridgehead atoms. The normalized spacial score (nSPS) is 10.3. The van der Waals surface area contributed by atoms with Crippen molar-refractivity contribution in [1.82, 2.24) is 4.98 Å². The van der Waals surface area contributed by atoms with E-state index >= 15 is 0 Å². The predicted octanol–water partition coefficient (Wildman–Crippen LogP) is 3.12. The minimum Gasteiger partial charge on any atom is -0.491 e. The van der Waals surface area contributed by atoms with Crippen LogP contribution >= 0.6 is 0 Å². The maximum Gasteiger partial charge on any atom is 0.339 e. The number of halogens is 2. The summed E-state index contributed by atoms with van der Waals surface area (Å²) in [6.45, 7) is 2.00. The van der Waals surface area contributed by atoms with Gasteiger partial charge < -0.3 is 9.84 Å². The van der Waals surface area contributed by atoms with Crippen LogP contribution in [0.15, 0.2) is 30.5 Å². The van der Waals surface area contributed by atoms with Crippen LogP contribution in [0.3, 0.4) is 0 Å². The van der Waals surface area contributed by atoms with Crippen LogP contribution in [-0.4, -0.2) is 22.7 Å². The molecule has 0 unspecified atom stereocenters. The van der Waals surface area contributed by atoms with E-state index in [2.05, 4.69) is 4.98 Å². The number of nitrogens with zero attached hydrogens (tertiary/aromatic N) is 1. The number of pyridine rings is 1. The zero-order valence-electron chi connectivity index (χ0n) is 10.6. The van der Waals surface area contributed by atoms with Gasteiger partial charge in [0.05, 0.1) is 18.5 Å². The molecule has 1 N–H and O–H groups in total. The molecule has 2 aromatic rings. The zero-order valence-corrected chi connectivity index (χ0v) is 10.6. The van der Waals surface area contributed by atoms with E-state index in [9.17, 15) is 13.6 Å². The molecule has 0 aliphatic heterocycles. The number of carbonyl (C=O) groups is 1. The Morgan fingerprint density at radius 3 is 2.45 bits per heavy atom. The number of carboxylic acids is 1. The molecule has 0 spiro atoms. The van der Waals surface area contributed by atoms with E-state index in [1.54, 1.807) is 6.92 Å². The van der Waals surface area contributed by atoms with Gasteiger partial charge in [-0.15, -0.1) is 0 Å². The zero-order chi connectivity index (χ0) is 14.7. The fourth-order valence-electron chi connectivity index (χ4n) is 1.74. The summed E-state index contributed by atoms with van der Waals surface area (Å²) in [5.74, 6) is -2.60. The number of benzene rings is 1. The molecule has 1 heterocycles. The van der Waals surface area contributed by atoms with Crippen LogP contribution in [-0.2, 0) is 0 Å². The molecule has 1 aromatic carbocycles. The molecule has 0 aliphatic rings. The molecule has 0 saturated carbocycles. The molecule has 104 valence electrons. The van der Waals surface area contributed by atoms with Crippen molar-refractivity contribution >= 4 is 5.97 Å². The highest BCUT2D eigenvalue weighted by atomic mass is 19.1. The molecule has 6 heteroatoms. The second-order valence-electron chi connectivity index (χ2n) is 3.96. The van der Waals surface area contributed by atoms with Crippen LogP contribution < -0.4 is 4.74 Å². The number of hydrogen-bond acceptors (Lipinski definition) is 3. The lowest BCUT2D eigenvalue weighted by molar-refractivity contribution is 0.0692. The molecule has 0 radical (unpaired) electrons. The fraction of sp³-hybridized carbons (Fsp3) is 0.143. The van der Waals surface area contributed by atoms with Crippen LogP contribution in [0.5, 0.6) is 5.75 Å². The van der Waals surface area contributed by atoms with Gasteiger partial charge in [-0.25, -0.2) is 13.6 Å². The van der Waals surface area contributed by atoms with Crippen LogP contribution in [0.25, 0.3) is 11.3 Å². The minimum absolute atomic E-state index is 0.110. The first kappa shape index (κ1) is 13.9. The van der Waals surface area contributed by atoms with E-state index in [1.807, 2.05) is 0 Å². The van der Waals surface area contributed by atoms with Gasteiger partial charge in [0, 0.05) is 11.6 Å². The first-order valence-corrected chi connectivity index (χ1v) is 5.84. The van der Waals surface area contributed by atoms with Crippen LogP contribution in [0, 0.1) is 11.6 Å². The molecule has 0 fully saturated rings. The van der Waals surface area contributed by atoms with E-state index in [1.165, 1.54) is 12.3 Å². The largest absolute Gasteiger partial charge is 0.491 e. The number of ether oxygens (including phenoxy) is 1. The second kappa shape index (κ2) is 5.64.